The Kier molecular flexibility index (Phi) is 4.47. The zero-order valence-electron chi connectivity index (χ0n) is 9.79. The van der Waals surface area contributed by atoms with Crippen LogP contribution in [0.3, 0.4) is 0 Å². The average Bonchev–Trinajstić information content (AvgIpc) is 2.36. The van der Waals surface area contributed by atoms with E-state index in [0.717, 1.165) is 0 Å². The molecule has 98 valence electrons. The van der Waals surface area contributed by atoms with Crippen molar-refractivity contribution >= 4 is 34.2 Å². The zero-order valence-corrected chi connectivity index (χ0v) is 11.9. The van der Waals surface area contributed by atoms with Crippen molar-refractivity contribution in [2.45, 2.75) is 6.42 Å². The Morgan fingerprint density at radius 1 is 1.16 bits per heavy atom. The second-order valence-corrected chi connectivity index (χ2v) is 5.10. The summed E-state index contributed by atoms with van der Waals surface area (Å²) in [5.74, 6) is -1.11. The monoisotopic (exact) mass is 373 g/mol. The van der Waals surface area contributed by atoms with Crippen molar-refractivity contribution in [3.05, 3.63) is 63.2 Å². The molecule has 2 rings (SSSR count). The molecular weight excluding hydrogens is 363 g/mol. The molecule has 0 unspecified atom stereocenters. The quantitative estimate of drug-likeness (QED) is 0.816. The van der Waals surface area contributed by atoms with E-state index in [2.05, 4.69) is 5.32 Å². The number of rotatable bonds is 3. The van der Waals surface area contributed by atoms with Gasteiger partial charge in [0.25, 0.3) is 0 Å². The summed E-state index contributed by atoms with van der Waals surface area (Å²) in [6.45, 7) is 0. The lowest BCUT2D eigenvalue weighted by Crippen LogP contribution is -2.16. The van der Waals surface area contributed by atoms with E-state index in [0.29, 0.717) is 14.8 Å². The van der Waals surface area contributed by atoms with E-state index in [1.807, 2.05) is 22.6 Å². The number of halogens is 3. The van der Waals surface area contributed by atoms with Gasteiger partial charge in [0.2, 0.25) is 5.91 Å². The minimum Gasteiger partial charge on any atom is -0.325 e. The average molecular weight is 373 g/mol. The van der Waals surface area contributed by atoms with Gasteiger partial charge < -0.3 is 5.32 Å². The molecule has 0 heterocycles. The van der Waals surface area contributed by atoms with Gasteiger partial charge >= 0.3 is 0 Å². The molecule has 2 aromatic rings. The van der Waals surface area contributed by atoms with Crippen molar-refractivity contribution < 1.29 is 13.6 Å². The third-order valence-corrected chi connectivity index (χ3v) is 3.41. The van der Waals surface area contributed by atoms with E-state index in [-0.39, 0.29) is 18.1 Å². The first-order valence-corrected chi connectivity index (χ1v) is 6.62. The maximum atomic E-state index is 13.4. The van der Waals surface area contributed by atoms with Crippen LogP contribution in [0, 0.1) is 15.2 Å². The fraction of sp³-hybridized carbons (Fsp3) is 0.0714. The lowest BCUT2D eigenvalue weighted by atomic mass is 10.1. The van der Waals surface area contributed by atoms with Crippen LogP contribution in [0.5, 0.6) is 0 Å². The Hall–Kier alpha value is -1.50. The van der Waals surface area contributed by atoms with Crippen LogP contribution in [0.2, 0.25) is 0 Å². The minimum atomic E-state index is -0.411. The summed E-state index contributed by atoms with van der Waals surface area (Å²) in [6.07, 6.45) is -0.0554. The van der Waals surface area contributed by atoms with Crippen molar-refractivity contribution in [3.8, 4) is 0 Å². The Morgan fingerprint density at radius 3 is 2.58 bits per heavy atom. The van der Waals surface area contributed by atoms with Crippen molar-refractivity contribution in [3.63, 3.8) is 0 Å². The van der Waals surface area contributed by atoms with Gasteiger partial charge in [0.1, 0.15) is 11.6 Å². The summed E-state index contributed by atoms with van der Waals surface area (Å²) in [7, 11) is 0. The van der Waals surface area contributed by atoms with E-state index in [4.69, 9.17) is 0 Å². The molecule has 0 bridgehead atoms. The molecule has 5 heteroatoms. The van der Waals surface area contributed by atoms with Crippen molar-refractivity contribution in [1.82, 2.24) is 0 Å². The summed E-state index contributed by atoms with van der Waals surface area (Å²) in [5, 5.41) is 2.63. The molecule has 19 heavy (non-hydrogen) atoms. The van der Waals surface area contributed by atoms with Crippen LogP contribution in [-0.4, -0.2) is 5.91 Å². The summed E-state index contributed by atoms with van der Waals surface area (Å²) < 4.78 is 26.9. The van der Waals surface area contributed by atoms with Crippen molar-refractivity contribution in [2.75, 3.05) is 5.32 Å². The summed E-state index contributed by atoms with van der Waals surface area (Å²) in [6, 6.07) is 10.2. The fourth-order valence-corrected chi connectivity index (χ4v) is 2.21. The normalized spacial score (nSPS) is 10.3. The number of nitrogens with one attached hydrogen (secondary N) is 1. The minimum absolute atomic E-state index is 0.0554. The summed E-state index contributed by atoms with van der Waals surface area (Å²) in [5.41, 5.74) is 0.848. The first-order valence-electron chi connectivity index (χ1n) is 5.54. The maximum absolute atomic E-state index is 13.4. The highest BCUT2D eigenvalue weighted by Crippen LogP contribution is 2.19. The first kappa shape index (κ1) is 13.9. The van der Waals surface area contributed by atoms with Gasteiger partial charge in [0, 0.05) is 3.57 Å². The van der Waals surface area contributed by atoms with E-state index in [1.54, 1.807) is 18.2 Å². The third-order valence-electron chi connectivity index (χ3n) is 2.51. The highest BCUT2D eigenvalue weighted by Gasteiger charge is 2.09. The van der Waals surface area contributed by atoms with E-state index in [1.165, 1.54) is 24.3 Å². The molecule has 0 fully saturated rings. The Balaban J connectivity index is 2.08. The summed E-state index contributed by atoms with van der Waals surface area (Å²) >= 11 is 1.93. The standard InChI is InChI=1S/C14H10F2INO/c15-10-5-6-13(12(17)8-10)18-14(19)7-9-3-1-2-4-11(9)16/h1-6,8H,7H2,(H,18,19). The lowest BCUT2D eigenvalue weighted by molar-refractivity contribution is -0.115. The lowest BCUT2D eigenvalue weighted by Gasteiger charge is -2.08. The molecule has 0 aliphatic carbocycles. The Labute approximate surface area is 123 Å². The number of anilines is 1. The molecule has 0 spiro atoms. The molecule has 0 aliphatic heterocycles. The van der Waals surface area contributed by atoms with E-state index < -0.39 is 5.82 Å². The van der Waals surface area contributed by atoms with Gasteiger partial charge in [-0.3, -0.25) is 4.79 Å². The van der Waals surface area contributed by atoms with Crippen LogP contribution in [0.25, 0.3) is 0 Å². The molecule has 0 saturated carbocycles. The molecule has 0 atom stereocenters. The predicted molar refractivity (Wildman–Crippen MR) is 77.9 cm³/mol. The summed E-state index contributed by atoms with van der Waals surface area (Å²) in [4.78, 5) is 11.8. The maximum Gasteiger partial charge on any atom is 0.228 e. The first-order chi connectivity index (χ1) is 9.06. The topological polar surface area (TPSA) is 29.1 Å². The molecule has 0 radical (unpaired) electrons. The van der Waals surface area contributed by atoms with Crippen molar-refractivity contribution in [1.29, 1.82) is 0 Å². The molecule has 2 nitrogen and oxygen atoms in total. The van der Waals surface area contributed by atoms with Gasteiger partial charge in [-0.05, 0) is 52.4 Å². The van der Waals surface area contributed by atoms with Gasteiger partial charge in [-0.25, -0.2) is 8.78 Å². The number of carbonyl (C=O) groups is 1. The number of hydrogen-bond donors (Lipinski definition) is 1. The zero-order chi connectivity index (χ0) is 13.8. The molecule has 0 saturated heterocycles. The smallest absolute Gasteiger partial charge is 0.228 e. The van der Waals surface area contributed by atoms with E-state index >= 15 is 0 Å². The third kappa shape index (κ3) is 3.73. The van der Waals surface area contributed by atoms with Crippen LogP contribution >= 0.6 is 22.6 Å². The number of benzene rings is 2. The van der Waals surface area contributed by atoms with Gasteiger partial charge in [-0.15, -0.1) is 0 Å². The molecule has 0 aliphatic rings. The fourth-order valence-electron chi connectivity index (χ4n) is 1.60. The van der Waals surface area contributed by atoms with Crippen LogP contribution in [0.4, 0.5) is 14.5 Å². The second-order valence-electron chi connectivity index (χ2n) is 3.94. The number of amides is 1. The molecule has 1 N–H and O–H groups in total. The van der Waals surface area contributed by atoms with Gasteiger partial charge in [-0.1, -0.05) is 18.2 Å². The van der Waals surface area contributed by atoms with Crippen LogP contribution in [-0.2, 0) is 11.2 Å². The molecule has 2 aromatic carbocycles. The van der Waals surface area contributed by atoms with E-state index in [9.17, 15) is 13.6 Å². The Bertz CT molecular complexity index is 616. The van der Waals surface area contributed by atoms with Gasteiger partial charge in [-0.2, -0.15) is 0 Å². The highest BCUT2D eigenvalue weighted by molar-refractivity contribution is 14.1. The van der Waals surface area contributed by atoms with Gasteiger partial charge in [0.15, 0.2) is 0 Å². The van der Waals surface area contributed by atoms with Crippen molar-refractivity contribution in [2.24, 2.45) is 0 Å². The SMILES string of the molecule is O=C(Cc1ccccc1F)Nc1ccc(F)cc1I. The Morgan fingerprint density at radius 2 is 1.89 bits per heavy atom. The second kappa shape index (κ2) is 6.10. The molecular formula is C14H10F2INO. The number of hydrogen-bond acceptors (Lipinski definition) is 1. The van der Waals surface area contributed by atoms with Crippen LogP contribution in [0.15, 0.2) is 42.5 Å². The predicted octanol–water partition coefficient (Wildman–Crippen LogP) is 3.75. The van der Waals surface area contributed by atoms with Crippen LogP contribution < -0.4 is 5.32 Å². The highest BCUT2D eigenvalue weighted by atomic mass is 127. The van der Waals surface area contributed by atoms with Gasteiger partial charge in [0.05, 0.1) is 12.1 Å². The molecule has 0 aromatic heterocycles. The number of carbonyl (C=O) groups excluding carboxylic acids is 1. The largest absolute Gasteiger partial charge is 0.325 e. The molecule has 1 amide bonds. The van der Waals surface area contributed by atoms with Crippen LogP contribution in [0.1, 0.15) is 5.56 Å².